The minimum absolute atomic E-state index is 0.0109. The number of aromatic nitrogens is 1. The maximum absolute atomic E-state index is 14.8. The molecular formula is C18H26BrFN4O2S2. The molecule has 1 aromatic heterocycles. The maximum Gasteiger partial charge on any atom is 0.146 e. The normalized spacial score (nSPS) is 28.7. The number of hydrogen-bond donors (Lipinski definition) is 1. The van der Waals surface area contributed by atoms with Crippen molar-refractivity contribution in [1.29, 1.82) is 5.26 Å². The molecule has 0 aromatic carbocycles. The zero-order chi connectivity index (χ0) is 21.4. The van der Waals surface area contributed by atoms with Crippen LogP contribution in [0.2, 0.25) is 0 Å². The van der Waals surface area contributed by atoms with Crippen molar-refractivity contribution in [3.8, 4) is 6.07 Å². The average Bonchev–Trinajstić information content (AvgIpc) is 2.58. The van der Waals surface area contributed by atoms with E-state index in [0.717, 1.165) is 0 Å². The van der Waals surface area contributed by atoms with Gasteiger partial charge in [0.15, 0.2) is 0 Å². The Bertz CT molecular complexity index is 908. The Morgan fingerprint density at radius 2 is 2.11 bits per heavy atom. The molecule has 1 aromatic rings. The van der Waals surface area contributed by atoms with Crippen LogP contribution in [0.25, 0.3) is 0 Å². The summed E-state index contributed by atoms with van der Waals surface area (Å²) in [5, 5.41) is 9.70. The first-order valence-corrected chi connectivity index (χ1v) is 12.5. The molecule has 0 aliphatic carbocycles. The SMILES string of the molecule is CC(CS1(=O)=NCCCC1(C)C#N)(N[S+]([O-])C(C)(C)C)c1nc(Br)ccc1F. The van der Waals surface area contributed by atoms with Crippen molar-refractivity contribution in [2.45, 2.75) is 62.5 Å². The maximum atomic E-state index is 14.8. The van der Waals surface area contributed by atoms with E-state index in [9.17, 15) is 18.4 Å². The van der Waals surface area contributed by atoms with E-state index >= 15 is 0 Å². The van der Waals surface area contributed by atoms with Gasteiger partial charge in [-0.3, -0.25) is 0 Å². The number of hydrogen-bond acceptors (Lipinski definition) is 6. The van der Waals surface area contributed by atoms with Gasteiger partial charge in [-0.2, -0.15) is 5.26 Å². The molecule has 1 N–H and O–H groups in total. The summed E-state index contributed by atoms with van der Waals surface area (Å²) in [5.41, 5.74) is -1.37. The molecule has 2 rings (SSSR count). The minimum atomic E-state index is -3.06. The van der Waals surface area contributed by atoms with Crippen LogP contribution in [0, 0.1) is 17.1 Å². The number of nitrogens with one attached hydrogen (secondary N) is 1. The van der Waals surface area contributed by atoms with Crippen molar-refractivity contribution in [3.05, 3.63) is 28.2 Å². The van der Waals surface area contributed by atoms with Gasteiger partial charge in [-0.05, 0) is 75.5 Å². The summed E-state index contributed by atoms with van der Waals surface area (Å²) in [6.07, 6.45) is 1.11. The number of nitrogens with zero attached hydrogens (tertiary/aromatic N) is 3. The molecule has 0 saturated carbocycles. The Kier molecular flexibility index (Phi) is 6.88. The zero-order valence-corrected chi connectivity index (χ0v) is 19.9. The Hall–Kier alpha value is -0.730. The van der Waals surface area contributed by atoms with Crippen molar-refractivity contribution in [1.82, 2.24) is 9.71 Å². The second-order valence-corrected chi connectivity index (χ2v) is 13.9. The summed E-state index contributed by atoms with van der Waals surface area (Å²) in [5.74, 6) is -0.784. The number of halogens is 2. The molecule has 1 aliphatic rings. The summed E-state index contributed by atoms with van der Waals surface area (Å²) in [6, 6.07) is 4.87. The van der Waals surface area contributed by atoms with Gasteiger partial charge in [-0.25, -0.2) is 17.9 Å². The van der Waals surface area contributed by atoms with Gasteiger partial charge in [-0.15, -0.1) is 4.72 Å². The molecule has 0 spiro atoms. The molecule has 0 amide bonds. The second kappa shape index (κ2) is 8.19. The third-order valence-corrected chi connectivity index (χ3v) is 10.2. The molecule has 6 nitrogen and oxygen atoms in total. The third-order valence-electron chi connectivity index (χ3n) is 4.75. The molecule has 0 radical (unpaired) electrons. The first-order valence-electron chi connectivity index (χ1n) is 8.90. The van der Waals surface area contributed by atoms with E-state index in [1.54, 1.807) is 34.6 Å². The number of pyridine rings is 1. The van der Waals surface area contributed by atoms with Gasteiger partial charge in [0, 0.05) is 17.9 Å². The summed E-state index contributed by atoms with van der Waals surface area (Å²) in [6.45, 7) is 8.97. The van der Waals surface area contributed by atoms with Crippen LogP contribution >= 0.6 is 15.9 Å². The number of nitriles is 1. The molecule has 0 saturated heterocycles. The van der Waals surface area contributed by atoms with Crippen LogP contribution in [-0.4, -0.2) is 35.5 Å². The van der Waals surface area contributed by atoms with Gasteiger partial charge >= 0.3 is 0 Å². The van der Waals surface area contributed by atoms with Gasteiger partial charge in [0.25, 0.3) is 0 Å². The van der Waals surface area contributed by atoms with Crippen molar-refractivity contribution >= 4 is 37.0 Å². The molecule has 0 fully saturated rings. The highest BCUT2D eigenvalue weighted by Crippen LogP contribution is 2.36. The highest BCUT2D eigenvalue weighted by Gasteiger charge is 2.48. The summed E-state index contributed by atoms with van der Waals surface area (Å²) in [7, 11) is -3.06. The Labute approximate surface area is 178 Å². The van der Waals surface area contributed by atoms with Crippen LogP contribution in [-0.2, 0) is 26.6 Å². The lowest BCUT2D eigenvalue weighted by Crippen LogP contribution is -2.56. The van der Waals surface area contributed by atoms with Gasteiger partial charge in [0.1, 0.15) is 31.1 Å². The highest BCUT2D eigenvalue weighted by molar-refractivity contribution is 9.10. The molecule has 10 heteroatoms. The van der Waals surface area contributed by atoms with E-state index in [2.05, 4.69) is 36.1 Å². The van der Waals surface area contributed by atoms with Crippen LogP contribution in [0.5, 0.6) is 0 Å². The second-order valence-electron chi connectivity index (χ2n) is 8.36. The Morgan fingerprint density at radius 3 is 2.68 bits per heavy atom. The third kappa shape index (κ3) is 4.70. The van der Waals surface area contributed by atoms with Crippen LogP contribution < -0.4 is 4.72 Å². The molecule has 4 atom stereocenters. The molecule has 1 aliphatic heterocycles. The van der Waals surface area contributed by atoms with Crippen LogP contribution in [0.4, 0.5) is 4.39 Å². The minimum Gasteiger partial charge on any atom is -0.598 e. The quantitative estimate of drug-likeness (QED) is 0.497. The molecule has 156 valence electrons. The molecule has 0 bridgehead atoms. The molecule has 28 heavy (non-hydrogen) atoms. The number of rotatable bonds is 5. The van der Waals surface area contributed by atoms with E-state index in [1.807, 2.05) is 0 Å². The fourth-order valence-corrected chi connectivity index (χ4v) is 6.96. The first-order chi connectivity index (χ1) is 12.8. The predicted octanol–water partition coefficient (Wildman–Crippen LogP) is 3.79. The van der Waals surface area contributed by atoms with E-state index < -0.39 is 41.9 Å². The summed E-state index contributed by atoms with van der Waals surface area (Å²) in [4.78, 5) is 4.24. The fraction of sp³-hybridized carbons (Fsp3) is 0.667. The molecular weight excluding hydrogens is 467 g/mol. The lowest BCUT2D eigenvalue weighted by atomic mass is 10.0. The lowest BCUT2D eigenvalue weighted by Gasteiger charge is -2.38. The van der Waals surface area contributed by atoms with E-state index in [-0.39, 0.29) is 11.4 Å². The van der Waals surface area contributed by atoms with Crippen molar-refractivity contribution in [2.24, 2.45) is 4.36 Å². The smallest absolute Gasteiger partial charge is 0.146 e. The van der Waals surface area contributed by atoms with E-state index in [1.165, 1.54) is 12.1 Å². The first kappa shape index (κ1) is 23.5. The van der Waals surface area contributed by atoms with Crippen LogP contribution in [0.1, 0.15) is 53.2 Å². The van der Waals surface area contributed by atoms with Crippen LogP contribution in [0.15, 0.2) is 21.1 Å². The van der Waals surface area contributed by atoms with Gasteiger partial charge in [-0.1, -0.05) is 0 Å². The lowest BCUT2D eigenvalue weighted by molar-refractivity contribution is 0.421. The zero-order valence-electron chi connectivity index (χ0n) is 16.7. The van der Waals surface area contributed by atoms with Gasteiger partial charge in [0.05, 0.1) is 21.6 Å². The van der Waals surface area contributed by atoms with Crippen molar-refractivity contribution in [2.75, 3.05) is 12.3 Å². The predicted molar refractivity (Wildman–Crippen MR) is 114 cm³/mol. The van der Waals surface area contributed by atoms with E-state index in [0.29, 0.717) is 24.0 Å². The highest BCUT2D eigenvalue weighted by atomic mass is 79.9. The van der Waals surface area contributed by atoms with Crippen LogP contribution in [0.3, 0.4) is 0 Å². The van der Waals surface area contributed by atoms with Gasteiger partial charge < -0.3 is 4.55 Å². The molecule has 2 heterocycles. The monoisotopic (exact) mass is 492 g/mol. The van der Waals surface area contributed by atoms with Crippen molar-refractivity contribution < 1.29 is 13.2 Å². The largest absolute Gasteiger partial charge is 0.598 e. The summed E-state index contributed by atoms with van der Waals surface area (Å²) < 4.78 is 47.3. The Morgan fingerprint density at radius 1 is 1.46 bits per heavy atom. The molecule has 4 unspecified atom stereocenters. The van der Waals surface area contributed by atoms with Gasteiger partial charge in [0.2, 0.25) is 0 Å². The average molecular weight is 493 g/mol. The van der Waals surface area contributed by atoms with E-state index in [4.69, 9.17) is 0 Å². The Balaban J connectivity index is 2.62. The van der Waals surface area contributed by atoms with Crippen molar-refractivity contribution in [3.63, 3.8) is 0 Å². The standard InChI is InChI=1S/C18H26BrFN4O2S2/c1-16(2,3)27(25)24-18(5,15-13(20)7-8-14(19)23-15)12-28(26)17(4,11-21)9-6-10-22-28/h7-8,24H,6,9-10,12H2,1-5H3. The fourth-order valence-electron chi connectivity index (χ4n) is 2.96. The summed E-state index contributed by atoms with van der Waals surface area (Å²) >= 11 is 1.65. The topological polar surface area (TPSA) is 101 Å².